The molecule has 6 heteroatoms. The summed E-state index contributed by atoms with van der Waals surface area (Å²) in [5.74, 6) is -0.183. The molecule has 0 fully saturated rings. The molecule has 176 valence electrons. The normalized spacial score (nSPS) is 17.8. The van der Waals surface area contributed by atoms with Gasteiger partial charge in [-0.3, -0.25) is 9.59 Å². The van der Waals surface area contributed by atoms with Crippen molar-refractivity contribution in [3.63, 3.8) is 0 Å². The van der Waals surface area contributed by atoms with E-state index in [9.17, 15) is 14.7 Å². The molecule has 1 aliphatic rings. The van der Waals surface area contributed by atoms with Crippen LogP contribution in [0.5, 0.6) is 0 Å². The number of benzene rings is 3. The average Bonchev–Trinajstić information content (AvgIpc) is 2.79. The van der Waals surface area contributed by atoms with Gasteiger partial charge in [-0.1, -0.05) is 41.9 Å². The van der Waals surface area contributed by atoms with E-state index < -0.39 is 5.60 Å². The summed E-state index contributed by atoms with van der Waals surface area (Å²) in [6.07, 6.45) is 0.590. The quantitative estimate of drug-likeness (QED) is 0.494. The van der Waals surface area contributed by atoms with E-state index in [4.69, 9.17) is 11.6 Å². The monoisotopic (exact) mass is 476 g/mol. The number of rotatable bonds is 4. The molecule has 3 aromatic carbocycles. The van der Waals surface area contributed by atoms with E-state index in [2.05, 4.69) is 0 Å². The first-order valence-corrected chi connectivity index (χ1v) is 11.8. The zero-order chi connectivity index (χ0) is 24.6. The summed E-state index contributed by atoms with van der Waals surface area (Å²) >= 11 is 6.07. The molecule has 1 heterocycles. The van der Waals surface area contributed by atoms with E-state index in [1.54, 1.807) is 62.1 Å². The molecule has 0 aliphatic carbocycles. The Labute approximate surface area is 205 Å². The Bertz CT molecular complexity index is 1200. The largest absolute Gasteiger partial charge is 0.386 e. The van der Waals surface area contributed by atoms with Crippen LogP contribution in [0.1, 0.15) is 61.6 Å². The van der Waals surface area contributed by atoms with Gasteiger partial charge in [0.25, 0.3) is 5.91 Å². The first kappa shape index (κ1) is 24.0. The second kappa shape index (κ2) is 9.24. The standard InChI is InChI=1S/C28H29ClN2O3/c1-18-17-26(31(19(2)32)23-15-13-22(29)14-16-23)24-7-5-6-8-25(24)30(18)27(33)20-9-11-21(12-10-20)28(3,4)34/h5-16,18,26,34H,17H2,1-4H3. The minimum atomic E-state index is -0.975. The maximum Gasteiger partial charge on any atom is 0.258 e. The van der Waals surface area contributed by atoms with Gasteiger partial charge in [-0.05, 0) is 80.8 Å². The van der Waals surface area contributed by atoms with Crippen molar-refractivity contribution in [3.05, 3.63) is 94.5 Å². The lowest BCUT2D eigenvalue weighted by atomic mass is 9.89. The van der Waals surface area contributed by atoms with Crippen LogP contribution in [0.25, 0.3) is 0 Å². The second-order valence-electron chi connectivity index (χ2n) is 9.34. The number of aliphatic hydroxyl groups is 1. The van der Waals surface area contributed by atoms with Crippen molar-refractivity contribution in [2.45, 2.75) is 51.8 Å². The van der Waals surface area contributed by atoms with Gasteiger partial charge in [0.1, 0.15) is 0 Å². The first-order valence-electron chi connectivity index (χ1n) is 11.4. The van der Waals surface area contributed by atoms with Crippen molar-refractivity contribution < 1.29 is 14.7 Å². The fourth-order valence-corrected chi connectivity index (χ4v) is 4.80. The van der Waals surface area contributed by atoms with Gasteiger partial charge in [0.15, 0.2) is 0 Å². The lowest BCUT2D eigenvalue weighted by Gasteiger charge is -2.43. The smallest absolute Gasteiger partial charge is 0.258 e. The topological polar surface area (TPSA) is 60.9 Å². The third-order valence-corrected chi connectivity index (χ3v) is 6.63. The molecule has 1 N–H and O–H groups in total. The van der Waals surface area contributed by atoms with E-state index >= 15 is 0 Å². The summed E-state index contributed by atoms with van der Waals surface area (Å²) in [5, 5.41) is 10.8. The van der Waals surface area contributed by atoms with Crippen molar-refractivity contribution in [3.8, 4) is 0 Å². The number of halogens is 1. The summed E-state index contributed by atoms with van der Waals surface area (Å²) in [6, 6.07) is 21.7. The average molecular weight is 477 g/mol. The molecule has 5 nitrogen and oxygen atoms in total. The highest BCUT2D eigenvalue weighted by atomic mass is 35.5. The Hall–Kier alpha value is -3.15. The number of carbonyl (C=O) groups is 2. The van der Waals surface area contributed by atoms with Crippen molar-refractivity contribution in [2.75, 3.05) is 9.80 Å². The predicted octanol–water partition coefficient (Wildman–Crippen LogP) is 6.10. The molecule has 0 saturated heterocycles. The Kier molecular flexibility index (Phi) is 6.52. The van der Waals surface area contributed by atoms with Crippen LogP contribution >= 0.6 is 11.6 Å². The summed E-state index contributed by atoms with van der Waals surface area (Å²) in [5.41, 5.74) is 2.81. The molecular weight excluding hydrogens is 448 g/mol. The summed E-state index contributed by atoms with van der Waals surface area (Å²) < 4.78 is 0. The molecule has 1 aliphatic heterocycles. The first-order chi connectivity index (χ1) is 16.1. The van der Waals surface area contributed by atoms with Gasteiger partial charge < -0.3 is 14.9 Å². The molecule has 2 unspecified atom stereocenters. The van der Waals surface area contributed by atoms with E-state index in [1.165, 1.54) is 0 Å². The van der Waals surface area contributed by atoms with Crippen LogP contribution in [0.15, 0.2) is 72.8 Å². The molecule has 3 aromatic rings. The highest BCUT2D eigenvalue weighted by Gasteiger charge is 2.38. The molecular formula is C28H29ClN2O3. The zero-order valence-corrected chi connectivity index (χ0v) is 20.6. The maximum absolute atomic E-state index is 13.6. The van der Waals surface area contributed by atoms with Crippen LogP contribution in [-0.4, -0.2) is 23.0 Å². The predicted molar refractivity (Wildman–Crippen MR) is 136 cm³/mol. The van der Waals surface area contributed by atoms with Gasteiger partial charge >= 0.3 is 0 Å². The van der Waals surface area contributed by atoms with Crippen molar-refractivity contribution >= 4 is 34.8 Å². The van der Waals surface area contributed by atoms with E-state index in [0.717, 1.165) is 22.5 Å². The Morgan fingerprint density at radius 2 is 1.62 bits per heavy atom. The lowest BCUT2D eigenvalue weighted by Crippen LogP contribution is -2.47. The molecule has 0 spiro atoms. The van der Waals surface area contributed by atoms with Crippen LogP contribution in [0.2, 0.25) is 5.02 Å². The Morgan fingerprint density at radius 3 is 2.21 bits per heavy atom. The molecule has 0 bridgehead atoms. The van der Waals surface area contributed by atoms with Gasteiger partial charge in [0.05, 0.1) is 11.6 Å². The minimum absolute atomic E-state index is 0.0729. The Balaban J connectivity index is 1.73. The fourth-order valence-electron chi connectivity index (χ4n) is 4.68. The third-order valence-electron chi connectivity index (χ3n) is 6.37. The molecule has 4 rings (SSSR count). The highest BCUT2D eigenvalue weighted by molar-refractivity contribution is 6.30. The number of anilines is 2. The number of hydrogen-bond donors (Lipinski definition) is 1. The van der Waals surface area contributed by atoms with Gasteiger partial charge in [-0.25, -0.2) is 0 Å². The second-order valence-corrected chi connectivity index (χ2v) is 9.77. The van der Waals surface area contributed by atoms with Crippen molar-refractivity contribution in [1.29, 1.82) is 0 Å². The third kappa shape index (κ3) is 4.59. The van der Waals surface area contributed by atoms with Gasteiger partial charge in [-0.2, -0.15) is 0 Å². The Morgan fingerprint density at radius 1 is 1.00 bits per heavy atom. The SMILES string of the molecule is CC(=O)N(c1ccc(Cl)cc1)C1CC(C)N(C(=O)c2ccc(C(C)(C)O)cc2)c2ccccc21. The number of fused-ring (bicyclic) bond motifs is 1. The van der Waals surface area contributed by atoms with Gasteiger partial charge in [0, 0.05) is 34.9 Å². The van der Waals surface area contributed by atoms with Crippen LogP contribution < -0.4 is 9.80 Å². The number of carbonyl (C=O) groups excluding carboxylic acids is 2. The van der Waals surface area contributed by atoms with Gasteiger partial charge in [-0.15, -0.1) is 0 Å². The van der Waals surface area contributed by atoms with Crippen LogP contribution in [-0.2, 0) is 10.4 Å². The van der Waals surface area contributed by atoms with Crippen LogP contribution in [0.3, 0.4) is 0 Å². The molecule has 34 heavy (non-hydrogen) atoms. The number of hydrogen-bond acceptors (Lipinski definition) is 3. The fraction of sp³-hybridized carbons (Fsp3) is 0.286. The van der Waals surface area contributed by atoms with Gasteiger partial charge in [0.2, 0.25) is 5.91 Å². The molecule has 2 amide bonds. The van der Waals surface area contributed by atoms with Crippen molar-refractivity contribution in [1.82, 2.24) is 0 Å². The highest BCUT2D eigenvalue weighted by Crippen LogP contribution is 2.43. The number of para-hydroxylation sites is 1. The molecule has 2 atom stereocenters. The van der Waals surface area contributed by atoms with E-state index in [0.29, 0.717) is 17.0 Å². The maximum atomic E-state index is 13.6. The number of nitrogens with zero attached hydrogens (tertiary/aromatic N) is 2. The zero-order valence-electron chi connectivity index (χ0n) is 19.8. The van der Waals surface area contributed by atoms with E-state index in [1.807, 2.05) is 48.2 Å². The van der Waals surface area contributed by atoms with Crippen molar-refractivity contribution in [2.24, 2.45) is 0 Å². The summed E-state index contributed by atoms with van der Waals surface area (Å²) in [6.45, 7) is 7.00. The van der Waals surface area contributed by atoms with Crippen LogP contribution in [0.4, 0.5) is 11.4 Å². The minimum Gasteiger partial charge on any atom is -0.386 e. The van der Waals surface area contributed by atoms with E-state index in [-0.39, 0.29) is 23.9 Å². The lowest BCUT2D eigenvalue weighted by molar-refractivity contribution is -0.117. The van der Waals surface area contributed by atoms with Crippen LogP contribution in [0, 0.1) is 0 Å². The number of amides is 2. The molecule has 0 saturated carbocycles. The molecule has 0 aromatic heterocycles. The molecule has 0 radical (unpaired) electrons. The summed E-state index contributed by atoms with van der Waals surface area (Å²) in [7, 11) is 0. The summed E-state index contributed by atoms with van der Waals surface area (Å²) in [4.78, 5) is 30.0.